The van der Waals surface area contributed by atoms with Crippen LogP contribution in [-0.2, 0) is 33.2 Å². The second-order valence-electron chi connectivity index (χ2n) is 27.8. The van der Waals surface area contributed by atoms with Gasteiger partial charge in [-0.25, -0.2) is 0 Å². The SMILES string of the molecule is CC/C=C\C/C=C\C/C=C\C/C=C\C/C=C\CCCCCCCCCCCCCCCCCCCCCCCCCC(=O)NC(COC1OC(CO)C(OC2OC(CO)C(OC3OC(CO)C(O)C(O)C3O)C(O)C2O)C(O)C1O)C(O)/C=C/CCCCCCCCCCCCCC. The summed E-state index contributed by atoms with van der Waals surface area (Å²) in [6.45, 7) is 1.63. The number of carbonyl (C=O) groups is 1. The molecule has 0 aliphatic carbocycles. The molecule has 1 amide bonds. The van der Waals surface area contributed by atoms with Crippen molar-refractivity contribution < 1.29 is 89.4 Å². The third kappa shape index (κ3) is 39.8. The van der Waals surface area contributed by atoms with E-state index in [0.29, 0.717) is 6.42 Å². The van der Waals surface area contributed by atoms with Crippen LogP contribution in [0.5, 0.6) is 0 Å². The molecule has 0 aromatic carbocycles. The first-order valence-electron chi connectivity index (χ1n) is 39.2. The molecule has 3 heterocycles. The van der Waals surface area contributed by atoms with Gasteiger partial charge in [0.1, 0.15) is 73.2 Å². The molecular weight excluding hydrogens is 1250 g/mol. The van der Waals surface area contributed by atoms with Gasteiger partial charge in [-0.2, -0.15) is 0 Å². The van der Waals surface area contributed by atoms with Crippen LogP contribution in [0.25, 0.3) is 0 Å². The second-order valence-corrected chi connectivity index (χ2v) is 27.8. The van der Waals surface area contributed by atoms with Crippen molar-refractivity contribution in [2.24, 2.45) is 0 Å². The molecule has 3 saturated heterocycles. The summed E-state index contributed by atoms with van der Waals surface area (Å²) >= 11 is 0. The van der Waals surface area contributed by atoms with Crippen molar-refractivity contribution >= 4 is 5.91 Å². The van der Waals surface area contributed by atoms with Gasteiger partial charge in [-0.3, -0.25) is 4.79 Å². The van der Waals surface area contributed by atoms with Gasteiger partial charge < -0.3 is 89.9 Å². The van der Waals surface area contributed by atoms with Crippen LogP contribution in [0.2, 0.25) is 0 Å². The van der Waals surface area contributed by atoms with E-state index >= 15 is 0 Å². The Morgan fingerprint density at radius 2 is 0.704 bits per heavy atom. The van der Waals surface area contributed by atoms with Crippen LogP contribution in [0.4, 0.5) is 0 Å². The Morgan fingerprint density at radius 1 is 0.378 bits per heavy atom. The van der Waals surface area contributed by atoms with Crippen molar-refractivity contribution in [3.8, 4) is 0 Å². The van der Waals surface area contributed by atoms with Gasteiger partial charge in [0.15, 0.2) is 18.9 Å². The van der Waals surface area contributed by atoms with Gasteiger partial charge in [0.25, 0.3) is 0 Å². The summed E-state index contributed by atoms with van der Waals surface area (Å²) in [5.74, 6) is -0.273. The Balaban J connectivity index is 1.29. The number of amides is 1. The molecule has 19 heteroatoms. The maximum absolute atomic E-state index is 13.4. The first kappa shape index (κ1) is 89.4. The molecule has 3 fully saturated rings. The Labute approximate surface area is 591 Å². The van der Waals surface area contributed by atoms with Gasteiger partial charge in [-0.15, -0.1) is 0 Å². The number of ether oxygens (including phenoxy) is 6. The molecule has 12 N–H and O–H groups in total. The minimum absolute atomic E-state index is 0.245. The average Bonchev–Trinajstić information content (AvgIpc) is 0.785. The molecule has 0 radical (unpaired) electrons. The quantitative estimate of drug-likeness (QED) is 0.0199. The number of aliphatic hydroxyl groups excluding tert-OH is 11. The highest BCUT2D eigenvalue weighted by Crippen LogP contribution is 2.33. The Morgan fingerprint density at radius 3 is 1.10 bits per heavy atom. The zero-order valence-corrected chi connectivity index (χ0v) is 60.8. The lowest BCUT2D eigenvalue weighted by atomic mass is 9.96. The summed E-state index contributed by atoms with van der Waals surface area (Å²) in [6, 6.07) is -0.973. The molecule has 19 nitrogen and oxygen atoms in total. The molecule has 0 bridgehead atoms. The Bertz CT molecular complexity index is 2050. The van der Waals surface area contributed by atoms with E-state index in [4.69, 9.17) is 28.4 Å². The predicted molar refractivity (Wildman–Crippen MR) is 388 cm³/mol. The number of rotatable bonds is 61. The van der Waals surface area contributed by atoms with Crippen molar-refractivity contribution in [2.75, 3.05) is 26.4 Å². The topological polar surface area (TPSA) is 307 Å². The van der Waals surface area contributed by atoms with E-state index in [2.05, 4.69) is 79.9 Å². The number of hydrogen-bond acceptors (Lipinski definition) is 18. The third-order valence-corrected chi connectivity index (χ3v) is 19.3. The van der Waals surface area contributed by atoms with E-state index in [9.17, 15) is 61.0 Å². The van der Waals surface area contributed by atoms with Crippen molar-refractivity contribution in [3.05, 3.63) is 72.9 Å². The number of hydrogen-bond donors (Lipinski definition) is 12. The van der Waals surface area contributed by atoms with Crippen LogP contribution in [0.15, 0.2) is 72.9 Å². The highest BCUT2D eigenvalue weighted by atomic mass is 16.8. The van der Waals surface area contributed by atoms with Gasteiger partial charge in [0.2, 0.25) is 5.91 Å². The maximum atomic E-state index is 13.4. The number of nitrogens with one attached hydrogen (secondary N) is 1. The summed E-state index contributed by atoms with van der Waals surface area (Å²) in [7, 11) is 0. The first-order valence-corrected chi connectivity index (χ1v) is 39.2. The molecule has 98 heavy (non-hydrogen) atoms. The maximum Gasteiger partial charge on any atom is 0.220 e. The lowest BCUT2D eigenvalue weighted by molar-refractivity contribution is -0.379. The van der Waals surface area contributed by atoms with Crippen molar-refractivity contribution in [2.45, 2.75) is 394 Å². The fraction of sp³-hybridized carbons (Fsp3) is 0.835. The number of allylic oxidation sites excluding steroid dienone is 11. The zero-order chi connectivity index (χ0) is 71.1. The Hall–Kier alpha value is -2.77. The van der Waals surface area contributed by atoms with E-state index in [1.807, 2.05) is 6.08 Å². The van der Waals surface area contributed by atoms with Crippen LogP contribution in [-0.4, -0.2) is 193 Å². The van der Waals surface area contributed by atoms with Crippen LogP contribution in [0.1, 0.15) is 290 Å². The number of carbonyl (C=O) groups excluding carboxylic acids is 1. The molecule has 17 unspecified atom stereocenters. The molecular formula is C79H141NO18. The van der Waals surface area contributed by atoms with E-state index in [-0.39, 0.29) is 18.9 Å². The lowest BCUT2D eigenvalue weighted by Gasteiger charge is -2.48. The van der Waals surface area contributed by atoms with E-state index in [0.717, 1.165) is 77.0 Å². The molecule has 3 aliphatic rings. The van der Waals surface area contributed by atoms with Gasteiger partial charge in [0.05, 0.1) is 38.6 Å². The smallest absolute Gasteiger partial charge is 0.220 e. The fourth-order valence-corrected chi connectivity index (χ4v) is 13.0. The van der Waals surface area contributed by atoms with Gasteiger partial charge in [0, 0.05) is 6.42 Å². The number of aliphatic hydroxyl groups is 11. The summed E-state index contributed by atoms with van der Waals surface area (Å²) in [4.78, 5) is 13.4. The van der Waals surface area contributed by atoms with Crippen LogP contribution in [0.3, 0.4) is 0 Å². The summed E-state index contributed by atoms with van der Waals surface area (Å²) < 4.78 is 34.4. The third-order valence-electron chi connectivity index (χ3n) is 19.3. The number of unbranched alkanes of at least 4 members (excludes halogenated alkanes) is 35. The summed E-state index contributed by atoms with van der Waals surface area (Å²) in [5, 5.41) is 121. The lowest BCUT2D eigenvalue weighted by Crippen LogP contribution is -2.66. The molecule has 0 spiro atoms. The van der Waals surface area contributed by atoms with E-state index in [1.54, 1.807) is 6.08 Å². The highest BCUT2D eigenvalue weighted by Gasteiger charge is 2.53. The molecule has 0 aromatic rings. The van der Waals surface area contributed by atoms with Gasteiger partial charge >= 0.3 is 0 Å². The normalized spacial score (nSPS) is 27.1. The molecule has 0 saturated carbocycles. The van der Waals surface area contributed by atoms with Crippen LogP contribution < -0.4 is 5.32 Å². The molecule has 0 aromatic heterocycles. The fourth-order valence-electron chi connectivity index (χ4n) is 13.0. The monoisotopic (exact) mass is 1390 g/mol. The molecule has 3 aliphatic heterocycles. The Kier molecular flexibility index (Phi) is 54.4. The van der Waals surface area contributed by atoms with Crippen molar-refractivity contribution in [3.63, 3.8) is 0 Å². The predicted octanol–water partition coefficient (Wildman–Crippen LogP) is 12.4. The summed E-state index contributed by atoms with van der Waals surface area (Å²) in [5.41, 5.74) is 0. The van der Waals surface area contributed by atoms with Gasteiger partial charge in [-0.1, -0.05) is 292 Å². The first-order chi connectivity index (χ1) is 47.8. The molecule has 3 rings (SSSR count). The largest absolute Gasteiger partial charge is 0.394 e. The van der Waals surface area contributed by atoms with E-state index in [1.165, 1.54) is 186 Å². The molecule has 17 atom stereocenters. The van der Waals surface area contributed by atoms with Gasteiger partial charge in [-0.05, 0) is 64.2 Å². The highest BCUT2D eigenvalue weighted by molar-refractivity contribution is 5.76. The van der Waals surface area contributed by atoms with Crippen molar-refractivity contribution in [1.82, 2.24) is 5.32 Å². The minimum atomic E-state index is -1.98. The average molecular weight is 1390 g/mol. The van der Waals surface area contributed by atoms with Crippen LogP contribution in [0, 0.1) is 0 Å². The second kappa shape index (κ2) is 59.6. The summed E-state index contributed by atoms with van der Waals surface area (Å²) in [6.07, 6.45) is 50.5. The van der Waals surface area contributed by atoms with E-state index < -0.39 is 124 Å². The molecule has 570 valence electrons. The van der Waals surface area contributed by atoms with Crippen LogP contribution >= 0.6 is 0 Å². The standard InChI is InChI=1S/C79H141NO18/c1-3-5-7-9-11-13-15-17-19-20-21-22-23-24-25-26-27-28-29-30-31-32-33-34-35-36-37-38-39-40-41-42-43-45-47-49-51-53-55-57-67(85)80-62(63(84)56-54-52-50-48-46-44-18-16-14-12-10-8-6-4-2)61-93-77-73(91)70(88)75(65(59-82)95-77)98-79-74(92)71(89)76(66(60-83)96-79)97-78-72(90)69(87)68(86)64(58-81)94-78/h5,7,11,13,17,19,21-22,24-25,54,56,62-66,68-79,81-84,86-92H,3-4,6,8-10,12,14-16,18,20,23,26-53,55,57-61H2,1-2H3,(H,80,85)/b7-5-,13-11-,19-17-,22-21-,25-24-,56-54+. The van der Waals surface area contributed by atoms with Crippen molar-refractivity contribution in [1.29, 1.82) is 0 Å². The zero-order valence-electron chi connectivity index (χ0n) is 60.8. The minimum Gasteiger partial charge on any atom is -0.394 e.